The van der Waals surface area contributed by atoms with Crippen molar-refractivity contribution in [1.82, 2.24) is 4.41 Å². The third-order valence-corrected chi connectivity index (χ3v) is 9.14. The Bertz CT molecular complexity index is 1350. The second-order valence-corrected chi connectivity index (χ2v) is 12.2. The summed E-state index contributed by atoms with van der Waals surface area (Å²) in [6, 6.07) is 16.9. The summed E-state index contributed by atoms with van der Waals surface area (Å²) in [6.07, 6.45) is 0.385. The van der Waals surface area contributed by atoms with Crippen LogP contribution in [-0.2, 0) is 20.0 Å². The zero-order valence-corrected chi connectivity index (χ0v) is 20.0. The summed E-state index contributed by atoms with van der Waals surface area (Å²) in [5.41, 5.74) is 2.64. The number of thiophene rings is 1. The largest absolute Gasteiger partial charge is 0.284 e. The van der Waals surface area contributed by atoms with Crippen molar-refractivity contribution in [3.63, 3.8) is 0 Å². The van der Waals surface area contributed by atoms with Gasteiger partial charge in [0.15, 0.2) is 0 Å². The van der Waals surface area contributed by atoms with Gasteiger partial charge >= 0.3 is 0 Å². The molecule has 2 aromatic carbocycles. The van der Waals surface area contributed by atoms with Gasteiger partial charge in [0.1, 0.15) is 6.04 Å². The highest BCUT2D eigenvalue weighted by Gasteiger charge is 2.38. The van der Waals surface area contributed by atoms with Crippen LogP contribution in [0.3, 0.4) is 0 Å². The molecule has 32 heavy (non-hydrogen) atoms. The Morgan fingerprint density at radius 1 is 1.06 bits per heavy atom. The number of benzene rings is 2. The zero-order chi connectivity index (χ0) is 22.9. The minimum absolute atomic E-state index is 0.0405. The van der Waals surface area contributed by atoms with Crippen molar-refractivity contribution in [2.45, 2.75) is 31.2 Å². The number of sulfonamides is 2. The fourth-order valence-electron chi connectivity index (χ4n) is 3.41. The summed E-state index contributed by atoms with van der Waals surface area (Å²) >= 11 is 1.48. The van der Waals surface area contributed by atoms with Crippen LogP contribution < -0.4 is 4.72 Å². The number of hydrogen-bond donors (Lipinski definition) is 1. The Hall–Kier alpha value is -2.69. The van der Waals surface area contributed by atoms with E-state index in [1.807, 2.05) is 24.4 Å². The average molecular weight is 490 g/mol. The number of hydrogen-bond acceptors (Lipinski definition) is 6. The molecule has 0 bridgehead atoms. The van der Waals surface area contributed by atoms with Crippen molar-refractivity contribution < 1.29 is 16.8 Å². The van der Waals surface area contributed by atoms with Crippen molar-refractivity contribution in [1.29, 1.82) is 0 Å². The fourth-order valence-corrected chi connectivity index (χ4v) is 6.34. The molecule has 1 aliphatic rings. The van der Waals surface area contributed by atoms with E-state index in [0.29, 0.717) is 23.4 Å². The van der Waals surface area contributed by atoms with E-state index in [1.165, 1.54) is 15.8 Å². The van der Waals surface area contributed by atoms with Crippen molar-refractivity contribution in [2.24, 2.45) is 5.10 Å². The highest BCUT2D eigenvalue weighted by atomic mass is 32.2. The van der Waals surface area contributed by atoms with Gasteiger partial charge in [-0.25, -0.2) is 8.42 Å². The monoisotopic (exact) mass is 489 g/mol. The number of rotatable bonds is 7. The zero-order valence-electron chi connectivity index (χ0n) is 17.6. The number of anilines is 1. The lowest BCUT2D eigenvalue weighted by Gasteiger charge is -2.22. The van der Waals surface area contributed by atoms with Crippen molar-refractivity contribution >= 4 is 42.8 Å². The van der Waals surface area contributed by atoms with E-state index in [0.717, 1.165) is 10.4 Å². The van der Waals surface area contributed by atoms with E-state index in [2.05, 4.69) is 9.82 Å². The van der Waals surface area contributed by atoms with Gasteiger partial charge in [-0.15, -0.1) is 11.3 Å². The standard InChI is InChI=1S/C22H23N3O4S3/c1-3-31(26,27)24-18-7-4-6-17(14-18)20-15-21(22-8-5-13-30-22)25(23-20)32(28,29)19-11-9-16(2)10-12-19/h4-14,21,24H,3,15H2,1-2H3/t21-/m1/s1. The molecule has 0 radical (unpaired) electrons. The maximum atomic E-state index is 13.5. The van der Waals surface area contributed by atoms with Gasteiger partial charge in [0.2, 0.25) is 10.0 Å². The number of nitrogens with one attached hydrogen (secondary N) is 1. The average Bonchev–Trinajstić information content (AvgIpc) is 3.44. The minimum Gasteiger partial charge on any atom is -0.284 e. The second kappa shape index (κ2) is 8.68. The fraction of sp³-hybridized carbons (Fsp3) is 0.227. The molecular formula is C22H23N3O4S3. The SMILES string of the molecule is CCS(=O)(=O)Nc1cccc(C2=NN(S(=O)(=O)c3ccc(C)cc3)[C@@H](c3cccs3)C2)c1. The molecule has 3 aromatic rings. The van der Waals surface area contributed by atoms with E-state index < -0.39 is 26.1 Å². The summed E-state index contributed by atoms with van der Waals surface area (Å²) in [5, 5.41) is 6.42. The van der Waals surface area contributed by atoms with Gasteiger partial charge in [0.25, 0.3) is 10.0 Å². The van der Waals surface area contributed by atoms with Gasteiger partial charge < -0.3 is 0 Å². The highest BCUT2D eigenvalue weighted by molar-refractivity contribution is 7.92. The summed E-state index contributed by atoms with van der Waals surface area (Å²) in [7, 11) is -7.30. The predicted molar refractivity (Wildman–Crippen MR) is 128 cm³/mol. The molecule has 4 rings (SSSR count). The molecule has 1 N–H and O–H groups in total. The predicted octanol–water partition coefficient (Wildman–Crippen LogP) is 4.36. The molecule has 0 saturated heterocycles. The number of hydrazone groups is 1. The third kappa shape index (κ3) is 4.57. The lowest BCUT2D eigenvalue weighted by Crippen LogP contribution is -2.26. The maximum Gasteiger partial charge on any atom is 0.279 e. The Kier molecular flexibility index (Phi) is 6.11. The Labute approximate surface area is 192 Å². The molecule has 0 unspecified atom stereocenters. The van der Waals surface area contributed by atoms with Crippen LogP contribution in [-0.4, -0.2) is 32.7 Å². The molecule has 168 valence electrons. The molecule has 1 atom stereocenters. The lowest BCUT2D eigenvalue weighted by molar-refractivity contribution is 0.375. The first-order valence-electron chi connectivity index (χ1n) is 10.0. The van der Waals surface area contributed by atoms with Gasteiger partial charge in [-0.1, -0.05) is 35.9 Å². The van der Waals surface area contributed by atoms with Crippen molar-refractivity contribution in [2.75, 3.05) is 10.5 Å². The van der Waals surface area contributed by atoms with Gasteiger partial charge in [-0.3, -0.25) is 4.72 Å². The van der Waals surface area contributed by atoms with E-state index in [4.69, 9.17) is 0 Å². The number of nitrogens with zero attached hydrogens (tertiary/aromatic N) is 2. The van der Waals surface area contributed by atoms with Crippen LogP contribution in [0.25, 0.3) is 0 Å². The Morgan fingerprint density at radius 2 is 1.81 bits per heavy atom. The van der Waals surface area contributed by atoms with E-state index in [-0.39, 0.29) is 10.6 Å². The van der Waals surface area contributed by atoms with Crippen molar-refractivity contribution in [3.05, 3.63) is 82.0 Å². The van der Waals surface area contributed by atoms with Crippen LogP contribution in [0.2, 0.25) is 0 Å². The second-order valence-electron chi connectivity index (χ2n) is 7.46. The first-order valence-corrected chi connectivity index (χ1v) is 14.0. The van der Waals surface area contributed by atoms with Crippen LogP contribution >= 0.6 is 11.3 Å². The minimum atomic E-state index is -3.87. The van der Waals surface area contributed by atoms with Gasteiger partial charge in [0.05, 0.1) is 16.4 Å². The van der Waals surface area contributed by atoms with Crippen LogP contribution in [0.15, 0.2) is 76.0 Å². The summed E-state index contributed by atoms with van der Waals surface area (Å²) in [6.45, 7) is 3.46. The molecule has 1 aromatic heterocycles. The quantitative estimate of drug-likeness (QED) is 0.533. The first-order chi connectivity index (χ1) is 15.2. The molecule has 1 aliphatic heterocycles. The van der Waals surface area contributed by atoms with Crippen LogP contribution in [0.1, 0.15) is 35.4 Å². The highest BCUT2D eigenvalue weighted by Crippen LogP contribution is 2.39. The molecule has 7 nitrogen and oxygen atoms in total. The van der Waals surface area contributed by atoms with Gasteiger partial charge in [-0.05, 0) is 55.1 Å². The molecule has 0 saturated carbocycles. The lowest BCUT2D eigenvalue weighted by atomic mass is 10.0. The first kappa shape index (κ1) is 22.5. The van der Waals surface area contributed by atoms with E-state index in [9.17, 15) is 16.8 Å². The van der Waals surface area contributed by atoms with Gasteiger partial charge in [0, 0.05) is 17.0 Å². The van der Waals surface area contributed by atoms with Crippen LogP contribution in [0.5, 0.6) is 0 Å². The van der Waals surface area contributed by atoms with Gasteiger partial charge in [-0.2, -0.15) is 17.9 Å². The van der Waals surface area contributed by atoms with E-state index >= 15 is 0 Å². The summed E-state index contributed by atoms with van der Waals surface area (Å²) in [5.74, 6) is -0.0405. The molecule has 0 fully saturated rings. The molecule has 0 spiro atoms. The van der Waals surface area contributed by atoms with Crippen LogP contribution in [0.4, 0.5) is 5.69 Å². The Balaban J connectivity index is 1.74. The Morgan fingerprint density at radius 3 is 2.47 bits per heavy atom. The van der Waals surface area contributed by atoms with E-state index in [1.54, 1.807) is 55.5 Å². The topological polar surface area (TPSA) is 95.9 Å². The normalized spacial score (nSPS) is 16.8. The molecule has 2 heterocycles. The van der Waals surface area contributed by atoms with Crippen LogP contribution in [0, 0.1) is 6.92 Å². The maximum absolute atomic E-state index is 13.5. The summed E-state index contributed by atoms with van der Waals surface area (Å²) in [4.78, 5) is 1.07. The number of aryl methyl sites for hydroxylation is 1. The molecule has 0 amide bonds. The molecule has 10 heteroatoms. The molecule has 0 aliphatic carbocycles. The molecular weight excluding hydrogens is 466 g/mol. The van der Waals surface area contributed by atoms with Crippen molar-refractivity contribution in [3.8, 4) is 0 Å². The smallest absolute Gasteiger partial charge is 0.279 e. The third-order valence-electron chi connectivity index (χ3n) is 5.16. The summed E-state index contributed by atoms with van der Waals surface area (Å²) < 4.78 is 54.5.